The van der Waals surface area contributed by atoms with E-state index < -0.39 is 18.3 Å². The Bertz CT molecular complexity index is 242. The maximum Gasteiger partial charge on any atom is 0.383 e. The molecule has 6 heteroatoms. The zero-order valence-corrected chi connectivity index (χ0v) is 10.4. The molecule has 0 atom stereocenters. The molecule has 102 valence electrons. The lowest BCUT2D eigenvalue weighted by atomic mass is 10.0. The van der Waals surface area contributed by atoms with Crippen molar-refractivity contribution in [3.63, 3.8) is 0 Å². The van der Waals surface area contributed by atoms with E-state index in [9.17, 15) is 22.4 Å². The number of hydrogen-bond acceptors (Lipinski definition) is 1. The van der Waals surface area contributed by atoms with Gasteiger partial charge in [-0.3, -0.25) is 4.79 Å². The quantitative estimate of drug-likeness (QED) is 0.641. The zero-order valence-electron chi connectivity index (χ0n) is 10.4. The van der Waals surface area contributed by atoms with Crippen LogP contribution in [0, 0.1) is 5.92 Å². The van der Waals surface area contributed by atoms with Gasteiger partial charge in [0.05, 0.1) is 0 Å². The van der Waals surface area contributed by atoms with Crippen molar-refractivity contribution in [2.45, 2.75) is 46.0 Å². The molecule has 0 saturated heterocycles. The predicted octanol–water partition coefficient (Wildman–Crippen LogP) is 3.17. The monoisotopic (exact) mass is 257 g/mol. The number of hydrogen-bond donors (Lipinski definition) is 0. The van der Waals surface area contributed by atoms with Crippen molar-refractivity contribution in [3.8, 4) is 0 Å². The number of carbonyl (C=O) groups excluding carboxylic acids is 1. The fraction of sp³-hybridized carbons (Fsp3) is 0.909. The molecule has 0 aromatic rings. The summed E-state index contributed by atoms with van der Waals surface area (Å²) in [6, 6.07) is 0. The van der Waals surface area contributed by atoms with E-state index in [4.69, 9.17) is 0 Å². The molecule has 0 aliphatic carbocycles. The van der Waals surface area contributed by atoms with Gasteiger partial charge in [-0.05, 0) is 12.8 Å². The molecule has 0 bridgehead atoms. The molecule has 0 unspecified atom stereocenters. The molecule has 0 aliphatic heterocycles. The molecule has 0 aliphatic rings. The summed E-state index contributed by atoms with van der Waals surface area (Å²) >= 11 is 0. The standard InChI is InChI=1S/C11H19F4NO/c1-4-8(5-2)7-16(6-3)10(17)11(14,15)9(12)13/h8-9H,4-7H2,1-3H3. The largest absolute Gasteiger partial charge is 0.383 e. The topological polar surface area (TPSA) is 20.3 Å². The second kappa shape index (κ2) is 6.81. The van der Waals surface area contributed by atoms with Crippen LogP contribution >= 0.6 is 0 Å². The Kier molecular flexibility index (Phi) is 6.49. The van der Waals surface area contributed by atoms with Crippen LogP contribution in [0.25, 0.3) is 0 Å². The van der Waals surface area contributed by atoms with Crippen molar-refractivity contribution >= 4 is 5.91 Å². The molecular weight excluding hydrogens is 238 g/mol. The van der Waals surface area contributed by atoms with Gasteiger partial charge in [0.25, 0.3) is 5.91 Å². The third-order valence-corrected chi connectivity index (χ3v) is 2.86. The van der Waals surface area contributed by atoms with Crippen molar-refractivity contribution in [3.05, 3.63) is 0 Å². The highest BCUT2D eigenvalue weighted by atomic mass is 19.3. The SMILES string of the molecule is CCC(CC)CN(CC)C(=O)C(F)(F)C(F)F. The average Bonchev–Trinajstić information content (AvgIpc) is 2.29. The minimum absolute atomic E-state index is 0.0116. The summed E-state index contributed by atoms with van der Waals surface area (Å²) in [7, 11) is 0. The molecule has 0 N–H and O–H groups in total. The molecule has 17 heavy (non-hydrogen) atoms. The number of amides is 1. The molecule has 0 rings (SSSR count). The Morgan fingerprint density at radius 2 is 1.65 bits per heavy atom. The van der Waals surface area contributed by atoms with E-state index in [0.717, 1.165) is 17.7 Å². The molecule has 0 aromatic carbocycles. The van der Waals surface area contributed by atoms with Crippen molar-refractivity contribution < 1.29 is 22.4 Å². The van der Waals surface area contributed by atoms with Gasteiger partial charge in [0.1, 0.15) is 0 Å². The van der Waals surface area contributed by atoms with Crippen molar-refractivity contribution in [2.24, 2.45) is 5.92 Å². The van der Waals surface area contributed by atoms with E-state index in [2.05, 4.69) is 0 Å². The fourth-order valence-electron chi connectivity index (χ4n) is 1.52. The first-order valence-corrected chi connectivity index (χ1v) is 5.76. The Morgan fingerprint density at radius 1 is 1.18 bits per heavy atom. The number of alkyl halides is 4. The minimum Gasteiger partial charge on any atom is -0.337 e. The first-order chi connectivity index (χ1) is 7.81. The van der Waals surface area contributed by atoms with E-state index >= 15 is 0 Å². The van der Waals surface area contributed by atoms with Crippen LogP contribution in [0.4, 0.5) is 17.6 Å². The summed E-state index contributed by atoms with van der Waals surface area (Å²) in [5, 5.41) is 0. The molecular formula is C11H19F4NO. The summed E-state index contributed by atoms with van der Waals surface area (Å²) in [4.78, 5) is 12.1. The summed E-state index contributed by atoms with van der Waals surface area (Å²) in [6.45, 7) is 5.36. The van der Waals surface area contributed by atoms with Crippen molar-refractivity contribution in [1.82, 2.24) is 4.90 Å². The molecule has 0 heterocycles. The Labute approximate surface area is 99.0 Å². The van der Waals surface area contributed by atoms with Crippen molar-refractivity contribution in [2.75, 3.05) is 13.1 Å². The van der Waals surface area contributed by atoms with Gasteiger partial charge in [0.2, 0.25) is 0 Å². The number of halogens is 4. The lowest BCUT2D eigenvalue weighted by Crippen LogP contribution is -2.49. The second-order valence-corrected chi connectivity index (χ2v) is 3.95. The molecule has 1 amide bonds. The van der Waals surface area contributed by atoms with Crippen LogP contribution in [0.1, 0.15) is 33.6 Å². The number of nitrogens with zero attached hydrogens (tertiary/aromatic N) is 1. The normalized spacial score (nSPS) is 12.3. The maximum absolute atomic E-state index is 12.9. The second-order valence-electron chi connectivity index (χ2n) is 3.95. The molecule has 0 radical (unpaired) electrons. The Hall–Kier alpha value is -0.810. The lowest BCUT2D eigenvalue weighted by Gasteiger charge is -2.28. The minimum atomic E-state index is -4.58. The average molecular weight is 257 g/mol. The van der Waals surface area contributed by atoms with Crippen LogP contribution in [0.2, 0.25) is 0 Å². The highest BCUT2D eigenvalue weighted by molar-refractivity contribution is 5.84. The van der Waals surface area contributed by atoms with Gasteiger partial charge in [-0.15, -0.1) is 0 Å². The summed E-state index contributed by atoms with van der Waals surface area (Å²) < 4.78 is 49.9. The fourth-order valence-corrected chi connectivity index (χ4v) is 1.52. The molecule has 0 fully saturated rings. The van der Waals surface area contributed by atoms with Gasteiger partial charge in [0.15, 0.2) is 0 Å². The Balaban J connectivity index is 4.72. The van der Waals surface area contributed by atoms with E-state index in [-0.39, 0.29) is 19.0 Å². The van der Waals surface area contributed by atoms with Crippen LogP contribution in [-0.2, 0) is 4.79 Å². The third-order valence-electron chi connectivity index (χ3n) is 2.86. The zero-order chi connectivity index (χ0) is 13.6. The van der Waals surface area contributed by atoms with E-state index in [1.54, 1.807) is 0 Å². The Morgan fingerprint density at radius 3 is 1.94 bits per heavy atom. The molecule has 0 saturated carbocycles. The summed E-state index contributed by atoms with van der Waals surface area (Å²) in [5.41, 5.74) is 0. The van der Waals surface area contributed by atoms with Crippen LogP contribution < -0.4 is 0 Å². The lowest BCUT2D eigenvalue weighted by molar-refractivity contribution is -0.181. The smallest absolute Gasteiger partial charge is 0.337 e. The van der Waals surface area contributed by atoms with Gasteiger partial charge in [-0.25, -0.2) is 8.78 Å². The van der Waals surface area contributed by atoms with E-state index in [0.29, 0.717) is 0 Å². The van der Waals surface area contributed by atoms with Crippen LogP contribution in [-0.4, -0.2) is 36.2 Å². The molecule has 2 nitrogen and oxygen atoms in total. The van der Waals surface area contributed by atoms with Crippen molar-refractivity contribution in [1.29, 1.82) is 0 Å². The molecule has 0 aromatic heterocycles. The molecule has 0 spiro atoms. The first kappa shape index (κ1) is 16.2. The van der Waals surface area contributed by atoms with E-state index in [1.807, 2.05) is 13.8 Å². The van der Waals surface area contributed by atoms with Crippen LogP contribution in [0.5, 0.6) is 0 Å². The van der Waals surface area contributed by atoms with Gasteiger partial charge in [-0.1, -0.05) is 26.7 Å². The predicted molar refractivity (Wildman–Crippen MR) is 57.3 cm³/mol. The van der Waals surface area contributed by atoms with E-state index in [1.165, 1.54) is 6.92 Å². The van der Waals surface area contributed by atoms with Gasteiger partial charge in [0, 0.05) is 13.1 Å². The van der Waals surface area contributed by atoms with Gasteiger partial charge >= 0.3 is 12.3 Å². The van der Waals surface area contributed by atoms with Crippen LogP contribution in [0.3, 0.4) is 0 Å². The highest BCUT2D eigenvalue weighted by Gasteiger charge is 2.50. The number of carbonyl (C=O) groups is 1. The first-order valence-electron chi connectivity index (χ1n) is 5.76. The van der Waals surface area contributed by atoms with Gasteiger partial charge < -0.3 is 4.90 Å². The van der Waals surface area contributed by atoms with Crippen LogP contribution in [0.15, 0.2) is 0 Å². The van der Waals surface area contributed by atoms with Gasteiger partial charge in [-0.2, -0.15) is 8.78 Å². The third kappa shape index (κ3) is 4.16. The number of rotatable bonds is 7. The summed E-state index contributed by atoms with van der Waals surface area (Å²) in [6.07, 6.45) is -2.51. The maximum atomic E-state index is 12.9. The summed E-state index contributed by atoms with van der Waals surface area (Å²) in [5.74, 6) is -6.29. The highest BCUT2D eigenvalue weighted by Crippen LogP contribution is 2.26.